The molecule has 92 valence electrons. The van der Waals surface area contributed by atoms with Crippen LogP contribution in [-0.4, -0.2) is 0 Å². The lowest BCUT2D eigenvalue weighted by Gasteiger charge is -2.10. The van der Waals surface area contributed by atoms with Gasteiger partial charge >= 0.3 is 0 Å². The molecule has 1 atom stereocenters. The Kier molecular flexibility index (Phi) is 3.70. The van der Waals surface area contributed by atoms with E-state index in [1.165, 1.54) is 14.3 Å². The number of alkyl halides is 1. The number of rotatable bonds is 2. The molecule has 0 aliphatic carbocycles. The molecule has 0 aliphatic heterocycles. The van der Waals surface area contributed by atoms with Gasteiger partial charge < -0.3 is 0 Å². The van der Waals surface area contributed by atoms with Gasteiger partial charge in [-0.25, -0.2) is 0 Å². The highest BCUT2D eigenvalue weighted by molar-refractivity contribution is 9.09. The van der Waals surface area contributed by atoms with Crippen LogP contribution in [0.3, 0.4) is 0 Å². The van der Waals surface area contributed by atoms with Crippen LogP contribution in [0.4, 0.5) is 0 Å². The number of halogens is 3. The Labute approximate surface area is 131 Å². The normalized spacial score (nSPS) is 13.1. The van der Waals surface area contributed by atoms with E-state index in [-0.39, 0.29) is 4.83 Å². The highest BCUT2D eigenvalue weighted by Crippen LogP contribution is 2.42. The molecule has 0 spiro atoms. The molecule has 18 heavy (non-hydrogen) atoms. The Balaban J connectivity index is 2.03. The Bertz CT molecular complexity index is 673. The lowest BCUT2D eigenvalue weighted by Crippen LogP contribution is -1.90. The average molecular weight is 378 g/mol. The first-order valence-electron chi connectivity index (χ1n) is 5.21. The largest absolute Gasteiger partial charge is 0.143 e. The molecule has 0 N–H and O–H groups in total. The Morgan fingerprint density at radius 2 is 1.89 bits per heavy atom. The molecule has 0 saturated carbocycles. The van der Waals surface area contributed by atoms with E-state index in [0.717, 1.165) is 5.56 Å². The van der Waals surface area contributed by atoms with Gasteiger partial charge in [-0.1, -0.05) is 45.2 Å². The third-order valence-electron chi connectivity index (χ3n) is 2.64. The fraction of sp³-hybridized carbons (Fsp3) is 0.0769. The third-order valence-corrected chi connectivity index (χ3v) is 6.65. The minimum atomic E-state index is 0.117. The van der Waals surface area contributed by atoms with E-state index >= 15 is 0 Å². The third kappa shape index (κ3) is 2.35. The molecular formula is C13H7BrCl2S2. The minimum absolute atomic E-state index is 0.117. The molecule has 0 nitrogen and oxygen atoms in total. The van der Waals surface area contributed by atoms with Crippen molar-refractivity contribution in [2.75, 3.05) is 0 Å². The van der Waals surface area contributed by atoms with Gasteiger partial charge in [0.1, 0.15) is 0 Å². The summed E-state index contributed by atoms with van der Waals surface area (Å²) in [6.45, 7) is 0. The van der Waals surface area contributed by atoms with E-state index in [1.54, 1.807) is 28.7 Å². The Morgan fingerprint density at radius 3 is 2.61 bits per heavy atom. The summed E-state index contributed by atoms with van der Waals surface area (Å²) in [7, 11) is 0. The quantitative estimate of drug-likeness (QED) is 0.433. The highest BCUT2D eigenvalue weighted by Gasteiger charge is 2.17. The lowest BCUT2D eigenvalue weighted by molar-refractivity contribution is 1.23. The summed E-state index contributed by atoms with van der Waals surface area (Å²) >= 11 is 19.4. The second-order valence-electron chi connectivity index (χ2n) is 3.83. The minimum Gasteiger partial charge on any atom is -0.143 e. The monoisotopic (exact) mass is 376 g/mol. The summed E-state index contributed by atoms with van der Waals surface area (Å²) in [5, 5.41) is 3.47. The van der Waals surface area contributed by atoms with Crippen molar-refractivity contribution in [3.63, 3.8) is 0 Å². The fourth-order valence-corrected chi connectivity index (χ4v) is 5.35. The van der Waals surface area contributed by atoms with E-state index in [4.69, 9.17) is 23.2 Å². The summed E-state index contributed by atoms with van der Waals surface area (Å²) in [5.41, 5.74) is 1.05. The fourth-order valence-electron chi connectivity index (χ4n) is 1.77. The van der Waals surface area contributed by atoms with Gasteiger partial charge in [-0.3, -0.25) is 0 Å². The predicted octanol–water partition coefficient (Wildman–Crippen LogP) is 6.75. The summed E-state index contributed by atoms with van der Waals surface area (Å²) in [4.78, 5) is 1.38. The first-order chi connectivity index (χ1) is 8.65. The number of hydrogen-bond acceptors (Lipinski definition) is 2. The van der Waals surface area contributed by atoms with Gasteiger partial charge in [-0.15, -0.1) is 22.7 Å². The second-order valence-corrected chi connectivity index (χ2v) is 7.65. The SMILES string of the molecule is Clc1ccc(C(Br)c2cc3sccc3s2)c(Cl)c1. The van der Waals surface area contributed by atoms with Crippen molar-refractivity contribution in [3.05, 3.63) is 56.2 Å². The maximum atomic E-state index is 6.24. The van der Waals surface area contributed by atoms with Crippen LogP contribution in [0, 0.1) is 0 Å². The lowest BCUT2D eigenvalue weighted by atomic mass is 10.1. The maximum absolute atomic E-state index is 6.24. The van der Waals surface area contributed by atoms with Crippen molar-refractivity contribution in [1.29, 1.82) is 0 Å². The number of hydrogen-bond donors (Lipinski definition) is 0. The molecule has 0 fully saturated rings. The first kappa shape index (κ1) is 12.9. The summed E-state index contributed by atoms with van der Waals surface area (Å²) in [5.74, 6) is 0. The summed E-state index contributed by atoms with van der Waals surface area (Å²) < 4.78 is 2.65. The van der Waals surface area contributed by atoms with Gasteiger partial charge in [0.25, 0.3) is 0 Å². The van der Waals surface area contributed by atoms with Crippen molar-refractivity contribution < 1.29 is 0 Å². The molecule has 1 aromatic carbocycles. The highest BCUT2D eigenvalue weighted by atomic mass is 79.9. The maximum Gasteiger partial charge on any atom is 0.0753 e. The smallest absolute Gasteiger partial charge is 0.0753 e. The van der Waals surface area contributed by atoms with Crippen LogP contribution < -0.4 is 0 Å². The molecule has 0 aliphatic rings. The zero-order valence-electron chi connectivity index (χ0n) is 8.99. The Morgan fingerprint density at radius 1 is 1.06 bits per heavy atom. The molecule has 5 heteroatoms. The number of fused-ring (bicyclic) bond motifs is 1. The molecule has 3 rings (SSSR count). The molecule has 0 saturated heterocycles. The first-order valence-corrected chi connectivity index (χ1v) is 8.58. The van der Waals surface area contributed by atoms with Gasteiger partial charge in [0.2, 0.25) is 0 Å². The van der Waals surface area contributed by atoms with Crippen molar-refractivity contribution >= 4 is 71.2 Å². The zero-order chi connectivity index (χ0) is 12.7. The zero-order valence-corrected chi connectivity index (χ0v) is 13.7. The number of thiophene rings is 2. The van der Waals surface area contributed by atoms with E-state index in [1.807, 2.05) is 12.1 Å². The van der Waals surface area contributed by atoms with E-state index < -0.39 is 0 Å². The van der Waals surface area contributed by atoms with Crippen LogP contribution in [0.15, 0.2) is 35.7 Å². The van der Waals surface area contributed by atoms with Gasteiger partial charge in [0, 0.05) is 24.3 Å². The molecule has 3 aromatic rings. The number of benzene rings is 1. The molecule has 2 aromatic heterocycles. The van der Waals surface area contributed by atoms with Crippen molar-refractivity contribution in [2.45, 2.75) is 4.83 Å². The van der Waals surface area contributed by atoms with Crippen LogP contribution in [0.1, 0.15) is 15.3 Å². The van der Waals surface area contributed by atoms with Crippen LogP contribution in [0.25, 0.3) is 9.40 Å². The molecule has 0 radical (unpaired) electrons. The molecule has 0 bridgehead atoms. The van der Waals surface area contributed by atoms with E-state index in [9.17, 15) is 0 Å². The molecule has 0 amide bonds. The van der Waals surface area contributed by atoms with Gasteiger partial charge in [-0.2, -0.15) is 0 Å². The molecule has 1 unspecified atom stereocenters. The molecular weight excluding hydrogens is 371 g/mol. The van der Waals surface area contributed by atoms with E-state index in [2.05, 4.69) is 33.4 Å². The van der Waals surface area contributed by atoms with Crippen molar-refractivity contribution in [1.82, 2.24) is 0 Å². The van der Waals surface area contributed by atoms with E-state index in [0.29, 0.717) is 10.0 Å². The van der Waals surface area contributed by atoms with Crippen LogP contribution >= 0.6 is 61.8 Å². The van der Waals surface area contributed by atoms with Crippen LogP contribution in [-0.2, 0) is 0 Å². The standard InChI is InChI=1S/C13H7BrCl2S2/c14-13(8-2-1-7(15)5-9(8)16)12-6-11-10(18-12)3-4-17-11/h1-6,13H. The molecule has 2 heterocycles. The summed E-state index contributed by atoms with van der Waals surface area (Å²) in [6, 6.07) is 9.99. The topological polar surface area (TPSA) is 0 Å². The average Bonchev–Trinajstić information content (AvgIpc) is 2.87. The van der Waals surface area contributed by atoms with Gasteiger partial charge in [0.15, 0.2) is 0 Å². The van der Waals surface area contributed by atoms with Crippen molar-refractivity contribution in [3.8, 4) is 0 Å². The summed E-state index contributed by atoms with van der Waals surface area (Å²) in [6.07, 6.45) is 0. The Hall–Kier alpha value is -0.0600. The van der Waals surface area contributed by atoms with Crippen LogP contribution in [0.5, 0.6) is 0 Å². The van der Waals surface area contributed by atoms with Crippen LogP contribution in [0.2, 0.25) is 10.0 Å². The second kappa shape index (κ2) is 5.14. The van der Waals surface area contributed by atoms with Gasteiger partial charge in [-0.05, 0) is 35.2 Å². The van der Waals surface area contributed by atoms with Crippen molar-refractivity contribution in [2.24, 2.45) is 0 Å². The predicted molar refractivity (Wildman–Crippen MR) is 86.9 cm³/mol. The van der Waals surface area contributed by atoms with Gasteiger partial charge in [0.05, 0.1) is 4.83 Å².